The van der Waals surface area contributed by atoms with Crippen LogP contribution in [0.4, 0.5) is 0 Å². The van der Waals surface area contributed by atoms with E-state index in [0.29, 0.717) is 13.0 Å². The fraction of sp³-hybridized carbons (Fsp3) is 0.700. The Balaban J connectivity index is 2.55. The van der Waals surface area contributed by atoms with Crippen LogP contribution in [0.2, 0.25) is 0 Å². The van der Waals surface area contributed by atoms with Crippen LogP contribution in [0.3, 0.4) is 0 Å². The van der Waals surface area contributed by atoms with Crippen molar-refractivity contribution in [3.05, 3.63) is 0 Å². The normalized spacial score (nSPS) is 21.8. The number of hydrogen-bond donors (Lipinski definition) is 2. The van der Waals surface area contributed by atoms with Crippen LogP contribution in [0.25, 0.3) is 0 Å². The van der Waals surface area contributed by atoms with Crippen molar-refractivity contribution in [2.75, 3.05) is 13.7 Å². The standard InChI is InChI=1S/C10H16N2O4/c1-16-10(15)8(12-6-13)5-7-3-2-4-11-9(7)14/h6-8H,2-5H2,1H3,(H,11,14)(H,12,13)/t7-,8-/m0/s1. The molecular formula is C10H16N2O4. The van der Waals surface area contributed by atoms with E-state index in [2.05, 4.69) is 15.4 Å². The first-order valence-corrected chi connectivity index (χ1v) is 5.24. The van der Waals surface area contributed by atoms with E-state index in [4.69, 9.17) is 0 Å². The van der Waals surface area contributed by atoms with Crippen molar-refractivity contribution >= 4 is 18.3 Å². The number of ether oxygens (including phenoxy) is 1. The maximum Gasteiger partial charge on any atom is 0.328 e. The van der Waals surface area contributed by atoms with Gasteiger partial charge in [0.1, 0.15) is 6.04 Å². The second-order valence-corrected chi connectivity index (χ2v) is 3.73. The molecular weight excluding hydrogens is 212 g/mol. The molecule has 1 aliphatic heterocycles. The lowest BCUT2D eigenvalue weighted by molar-refractivity contribution is -0.145. The van der Waals surface area contributed by atoms with Gasteiger partial charge < -0.3 is 15.4 Å². The summed E-state index contributed by atoms with van der Waals surface area (Å²) in [6.07, 6.45) is 2.37. The minimum absolute atomic E-state index is 0.0622. The third-order valence-corrected chi connectivity index (χ3v) is 2.67. The molecule has 0 radical (unpaired) electrons. The van der Waals surface area contributed by atoms with Crippen LogP contribution < -0.4 is 10.6 Å². The molecule has 2 N–H and O–H groups in total. The monoisotopic (exact) mass is 228 g/mol. The Labute approximate surface area is 93.7 Å². The summed E-state index contributed by atoms with van der Waals surface area (Å²) in [5.41, 5.74) is 0. The van der Waals surface area contributed by atoms with Gasteiger partial charge in [-0.1, -0.05) is 0 Å². The van der Waals surface area contributed by atoms with Crippen LogP contribution in [0.5, 0.6) is 0 Å². The summed E-state index contributed by atoms with van der Waals surface area (Å²) in [5, 5.41) is 5.10. The van der Waals surface area contributed by atoms with Crippen LogP contribution in [-0.4, -0.2) is 38.0 Å². The Morgan fingerprint density at radius 2 is 2.50 bits per heavy atom. The molecule has 6 nitrogen and oxygen atoms in total. The zero-order valence-electron chi connectivity index (χ0n) is 9.19. The number of carbonyl (C=O) groups excluding carboxylic acids is 3. The van der Waals surface area contributed by atoms with E-state index in [1.54, 1.807) is 0 Å². The van der Waals surface area contributed by atoms with Crippen LogP contribution >= 0.6 is 0 Å². The minimum atomic E-state index is -0.739. The lowest BCUT2D eigenvalue weighted by Crippen LogP contribution is -2.44. The van der Waals surface area contributed by atoms with Crippen molar-refractivity contribution in [3.63, 3.8) is 0 Å². The number of piperidine rings is 1. The highest BCUT2D eigenvalue weighted by Crippen LogP contribution is 2.17. The van der Waals surface area contributed by atoms with Crippen molar-refractivity contribution in [1.29, 1.82) is 0 Å². The average Bonchev–Trinajstić information content (AvgIpc) is 2.30. The van der Waals surface area contributed by atoms with Gasteiger partial charge in [0, 0.05) is 12.5 Å². The Kier molecular flexibility index (Phi) is 4.75. The van der Waals surface area contributed by atoms with Crippen LogP contribution in [0, 0.1) is 5.92 Å². The van der Waals surface area contributed by atoms with E-state index in [1.165, 1.54) is 7.11 Å². The molecule has 0 bridgehead atoms. The molecule has 1 aliphatic rings. The first-order valence-electron chi connectivity index (χ1n) is 5.24. The largest absolute Gasteiger partial charge is 0.467 e. The molecule has 0 aromatic rings. The molecule has 6 heteroatoms. The van der Waals surface area contributed by atoms with Gasteiger partial charge in [0.2, 0.25) is 12.3 Å². The Bertz CT molecular complexity index is 280. The molecule has 0 unspecified atom stereocenters. The van der Waals surface area contributed by atoms with Gasteiger partial charge >= 0.3 is 5.97 Å². The number of amides is 2. The summed E-state index contributed by atoms with van der Waals surface area (Å²) in [7, 11) is 1.25. The smallest absolute Gasteiger partial charge is 0.328 e. The van der Waals surface area contributed by atoms with Crippen molar-refractivity contribution in [2.45, 2.75) is 25.3 Å². The third-order valence-electron chi connectivity index (χ3n) is 2.67. The second kappa shape index (κ2) is 6.09. The van der Waals surface area contributed by atoms with E-state index >= 15 is 0 Å². The zero-order valence-corrected chi connectivity index (χ0v) is 9.19. The lowest BCUT2D eigenvalue weighted by atomic mass is 9.91. The van der Waals surface area contributed by atoms with E-state index < -0.39 is 12.0 Å². The predicted octanol–water partition coefficient (Wildman–Crippen LogP) is -0.810. The number of rotatable bonds is 5. The quantitative estimate of drug-likeness (QED) is 0.476. The van der Waals surface area contributed by atoms with Gasteiger partial charge in [0.25, 0.3) is 0 Å². The third kappa shape index (κ3) is 3.22. The molecule has 1 rings (SSSR count). The molecule has 2 atom stereocenters. The molecule has 0 spiro atoms. The van der Waals surface area contributed by atoms with Crippen LogP contribution in [0.1, 0.15) is 19.3 Å². The summed E-state index contributed by atoms with van der Waals surface area (Å²) in [4.78, 5) is 33.1. The first kappa shape index (κ1) is 12.5. The molecule has 2 amide bonds. The summed E-state index contributed by atoms with van der Waals surface area (Å²) < 4.78 is 4.55. The van der Waals surface area contributed by atoms with Crippen LogP contribution in [-0.2, 0) is 19.1 Å². The number of nitrogens with one attached hydrogen (secondary N) is 2. The molecule has 0 aromatic heterocycles. The summed E-state index contributed by atoms with van der Waals surface area (Å²) in [6.45, 7) is 0.680. The molecule has 0 saturated carbocycles. The van der Waals surface area contributed by atoms with Gasteiger partial charge in [-0.3, -0.25) is 9.59 Å². The van der Waals surface area contributed by atoms with Gasteiger partial charge in [-0.05, 0) is 19.3 Å². The van der Waals surface area contributed by atoms with E-state index in [1.807, 2.05) is 0 Å². The predicted molar refractivity (Wildman–Crippen MR) is 55.4 cm³/mol. The molecule has 90 valence electrons. The fourth-order valence-electron chi connectivity index (χ4n) is 1.80. The van der Waals surface area contributed by atoms with Crippen molar-refractivity contribution in [2.24, 2.45) is 5.92 Å². The Morgan fingerprint density at radius 1 is 1.75 bits per heavy atom. The van der Waals surface area contributed by atoms with Crippen molar-refractivity contribution in [3.8, 4) is 0 Å². The topological polar surface area (TPSA) is 84.5 Å². The van der Waals surface area contributed by atoms with Gasteiger partial charge in [-0.25, -0.2) is 4.79 Å². The Hall–Kier alpha value is -1.59. The van der Waals surface area contributed by atoms with Gasteiger partial charge in [-0.2, -0.15) is 0 Å². The highest BCUT2D eigenvalue weighted by molar-refractivity contribution is 5.82. The summed E-state index contributed by atoms with van der Waals surface area (Å²) in [5.74, 6) is -0.816. The minimum Gasteiger partial charge on any atom is -0.467 e. The highest BCUT2D eigenvalue weighted by Gasteiger charge is 2.29. The molecule has 1 heterocycles. The number of methoxy groups -OCH3 is 1. The molecule has 1 saturated heterocycles. The maximum atomic E-state index is 11.5. The van der Waals surface area contributed by atoms with Gasteiger partial charge in [0.15, 0.2) is 0 Å². The van der Waals surface area contributed by atoms with Gasteiger partial charge in [0.05, 0.1) is 7.11 Å². The van der Waals surface area contributed by atoms with Crippen molar-refractivity contribution < 1.29 is 19.1 Å². The molecule has 0 aliphatic carbocycles. The number of esters is 1. The van der Waals surface area contributed by atoms with Crippen LogP contribution in [0.15, 0.2) is 0 Å². The van der Waals surface area contributed by atoms with Gasteiger partial charge in [-0.15, -0.1) is 0 Å². The molecule has 0 aromatic carbocycles. The number of hydrogen-bond acceptors (Lipinski definition) is 4. The Morgan fingerprint density at radius 3 is 3.06 bits per heavy atom. The second-order valence-electron chi connectivity index (χ2n) is 3.73. The maximum absolute atomic E-state index is 11.5. The summed E-state index contributed by atoms with van der Waals surface area (Å²) in [6, 6.07) is -0.739. The van der Waals surface area contributed by atoms with Crippen molar-refractivity contribution in [1.82, 2.24) is 10.6 Å². The summed E-state index contributed by atoms with van der Waals surface area (Å²) >= 11 is 0. The zero-order chi connectivity index (χ0) is 12.0. The molecule has 1 fully saturated rings. The van der Waals surface area contributed by atoms with E-state index in [9.17, 15) is 14.4 Å². The molecule has 16 heavy (non-hydrogen) atoms. The van der Waals surface area contributed by atoms with E-state index in [-0.39, 0.29) is 18.2 Å². The lowest BCUT2D eigenvalue weighted by Gasteiger charge is -2.24. The first-order chi connectivity index (χ1) is 7.69. The van der Waals surface area contributed by atoms with E-state index in [0.717, 1.165) is 12.8 Å². The highest BCUT2D eigenvalue weighted by atomic mass is 16.5. The average molecular weight is 228 g/mol. The number of carbonyl (C=O) groups is 3. The SMILES string of the molecule is COC(=O)[C@H](C[C@@H]1CCCNC1=O)NC=O. The fourth-order valence-corrected chi connectivity index (χ4v) is 1.80.